The van der Waals surface area contributed by atoms with Crippen molar-refractivity contribution in [3.05, 3.63) is 18.0 Å². The van der Waals surface area contributed by atoms with Gasteiger partial charge in [0.05, 0.1) is 18.2 Å². The van der Waals surface area contributed by atoms with Gasteiger partial charge in [-0.05, 0) is 13.8 Å². The molecule has 1 saturated heterocycles. The van der Waals surface area contributed by atoms with Crippen LogP contribution in [0.1, 0.15) is 26.0 Å². The normalized spacial score (nSPS) is 20.6. The Morgan fingerprint density at radius 3 is 2.88 bits per heavy atom. The van der Waals surface area contributed by atoms with Crippen LogP contribution in [0.15, 0.2) is 16.9 Å². The van der Waals surface area contributed by atoms with Crippen LogP contribution in [0.4, 0.5) is 0 Å². The van der Waals surface area contributed by atoms with Gasteiger partial charge in [0.2, 0.25) is 11.8 Å². The van der Waals surface area contributed by atoms with Gasteiger partial charge in [-0.3, -0.25) is 19.8 Å². The standard InChI is InChI=1S/C11H15N3O3/c1-7(2)14-10(15)5-9(11(14)16)12-6-8-3-4-17-13-8/h3-4,7,9,12H,5-6H2,1-2H3. The number of nitrogens with zero attached hydrogens (tertiary/aromatic N) is 2. The van der Waals surface area contributed by atoms with Crippen molar-refractivity contribution in [3.63, 3.8) is 0 Å². The molecular formula is C11H15N3O3. The number of hydrogen-bond donors (Lipinski definition) is 1. The van der Waals surface area contributed by atoms with Crippen LogP contribution in [-0.2, 0) is 16.1 Å². The van der Waals surface area contributed by atoms with Crippen LogP contribution in [0.5, 0.6) is 0 Å². The van der Waals surface area contributed by atoms with E-state index >= 15 is 0 Å². The van der Waals surface area contributed by atoms with Crippen molar-refractivity contribution in [1.82, 2.24) is 15.4 Å². The number of carbonyl (C=O) groups excluding carboxylic acids is 2. The molecule has 0 spiro atoms. The van der Waals surface area contributed by atoms with E-state index in [1.165, 1.54) is 11.2 Å². The van der Waals surface area contributed by atoms with Crippen molar-refractivity contribution in [2.24, 2.45) is 0 Å². The molecule has 2 rings (SSSR count). The predicted molar refractivity (Wildman–Crippen MR) is 58.7 cm³/mol. The lowest BCUT2D eigenvalue weighted by atomic mass is 10.2. The van der Waals surface area contributed by atoms with Gasteiger partial charge in [-0.1, -0.05) is 5.16 Å². The monoisotopic (exact) mass is 237 g/mol. The molecule has 0 saturated carbocycles. The summed E-state index contributed by atoms with van der Waals surface area (Å²) < 4.78 is 4.68. The Balaban J connectivity index is 1.95. The number of amides is 2. The molecule has 0 bridgehead atoms. The van der Waals surface area contributed by atoms with Crippen LogP contribution in [0.2, 0.25) is 0 Å². The fraction of sp³-hybridized carbons (Fsp3) is 0.545. The van der Waals surface area contributed by atoms with Gasteiger partial charge in [0.1, 0.15) is 6.26 Å². The first-order valence-electron chi connectivity index (χ1n) is 5.58. The van der Waals surface area contributed by atoms with Gasteiger partial charge in [-0.25, -0.2) is 0 Å². The van der Waals surface area contributed by atoms with Crippen LogP contribution in [0, 0.1) is 0 Å². The van der Waals surface area contributed by atoms with Crippen molar-refractivity contribution >= 4 is 11.8 Å². The Morgan fingerprint density at radius 1 is 1.59 bits per heavy atom. The highest BCUT2D eigenvalue weighted by Crippen LogP contribution is 2.16. The molecule has 1 aliphatic rings. The summed E-state index contributed by atoms with van der Waals surface area (Å²) in [5.41, 5.74) is 0.716. The van der Waals surface area contributed by atoms with Gasteiger partial charge in [0.15, 0.2) is 0 Å². The molecule has 1 N–H and O–H groups in total. The summed E-state index contributed by atoms with van der Waals surface area (Å²) in [6.45, 7) is 4.08. The summed E-state index contributed by atoms with van der Waals surface area (Å²) in [5.74, 6) is -0.281. The first kappa shape index (κ1) is 11.8. The second-order valence-electron chi connectivity index (χ2n) is 4.32. The van der Waals surface area contributed by atoms with Crippen molar-refractivity contribution < 1.29 is 14.1 Å². The largest absolute Gasteiger partial charge is 0.364 e. The molecule has 1 unspecified atom stereocenters. The average molecular weight is 237 g/mol. The summed E-state index contributed by atoms with van der Waals surface area (Å²) in [5, 5.41) is 6.74. The lowest BCUT2D eigenvalue weighted by Crippen LogP contribution is -2.41. The maximum absolute atomic E-state index is 11.9. The third kappa shape index (κ3) is 2.36. The Labute approximate surface area is 98.9 Å². The molecule has 0 aromatic carbocycles. The molecule has 92 valence electrons. The molecule has 6 nitrogen and oxygen atoms in total. The molecule has 2 heterocycles. The van der Waals surface area contributed by atoms with E-state index in [0.29, 0.717) is 12.2 Å². The highest BCUT2D eigenvalue weighted by molar-refractivity contribution is 6.05. The van der Waals surface area contributed by atoms with Crippen LogP contribution < -0.4 is 5.32 Å². The smallest absolute Gasteiger partial charge is 0.247 e. The van der Waals surface area contributed by atoms with Gasteiger partial charge in [-0.2, -0.15) is 0 Å². The Bertz CT molecular complexity index is 414. The fourth-order valence-electron chi connectivity index (χ4n) is 1.91. The van der Waals surface area contributed by atoms with Crippen LogP contribution in [0.3, 0.4) is 0 Å². The zero-order valence-electron chi connectivity index (χ0n) is 9.84. The molecule has 1 aromatic rings. The minimum atomic E-state index is -0.443. The number of aromatic nitrogens is 1. The third-order valence-corrected chi connectivity index (χ3v) is 2.72. The molecule has 0 radical (unpaired) electrons. The fourth-order valence-corrected chi connectivity index (χ4v) is 1.91. The maximum Gasteiger partial charge on any atom is 0.247 e. The lowest BCUT2D eigenvalue weighted by Gasteiger charge is -2.19. The maximum atomic E-state index is 11.9. The molecule has 1 fully saturated rings. The highest BCUT2D eigenvalue weighted by atomic mass is 16.5. The third-order valence-electron chi connectivity index (χ3n) is 2.72. The minimum Gasteiger partial charge on any atom is -0.364 e. The summed E-state index contributed by atoms with van der Waals surface area (Å²) in [4.78, 5) is 24.9. The summed E-state index contributed by atoms with van der Waals surface area (Å²) in [6.07, 6.45) is 1.69. The van der Waals surface area contributed by atoms with Gasteiger partial charge >= 0.3 is 0 Å². The molecule has 6 heteroatoms. The SMILES string of the molecule is CC(C)N1C(=O)CC(NCc2ccon2)C1=O. The first-order chi connectivity index (χ1) is 8.09. The molecule has 0 aliphatic carbocycles. The topological polar surface area (TPSA) is 75.4 Å². The van der Waals surface area contributed by atoms with E-state index in [1.54, 1.807) is 6.07 Å². The molecule has 1 aromatic heterocycles. The molecule has 17 heavy (non-hydrogen) atoms. The predicted octanol–water partition coefficient (Wildman–Crippen LogP) is 0.300. The summed E-state index contributed by atoms with van der Waals surface area (Å²) in [6, 6.07) is 1.18. The van der Waals surface area contributed by atoms with Crippen molar-refractivity contribution in [1.29, 1.82) is 0 Å². The molecule has 1 aliphatic heterocycles. The zero-order valence-corrected chi connectivity index (χ0v) is 9.84. The highest BCUT2D eigenvalue weighted by Gasteiger charge is 2.39. The Morgan fingerprint density at radius 2 is 2.35 bits per heavy atom. The van der Waals surface area contributed by atoms with E-state index in [2.05, 4.69) is 15.0 Å². The number of likely N-dealkylation sites (tertiary alicyclic amines) is 1. The Hall–Kier alpha value is -1.69. The van der Waals surface area contributed by atoms with Crippen LogP contribution >= 0.6 is 0 Å². The Kier molecular flexibility index (Phi) is 3.23. The second-order valence-corrected chi connectivity index (χ2v) is 4.32. The van der Waals surface area contributed by atoms with Gasteiger partial charge in [0, 0.05) is 18.7 Å². The number of nitrogens with one attached hydrogen (secondary N) is 1. The van der Waals surface area contributed by atoms with Gasteiger partial charge in [0.25, 0.3) is 0 Å². The quantitative estimate of drug-likeness (QED) is 0.762. The van der Waals surface area contributed by atoms with E-state index < -0.39 is 6.04 Å². The zero-order chi connectivity index (χ0) is 12.4. The van der Waals surface area contributed by atoms with E-state index in [4.69, 9.17) is 0 Å². The number of hydrogen-bond acceptors (Lipinski definition) is 5. The lowest BCUT2D eigenvalue weighted by molar-refractivity contribution is -0.140. The number of imide groups is 1. The van der Waals surface area contributed by atoms with Gasteiger partial charge in [-0.15, -0.1) is 0 Å². The number of rotatable bonds is 4. The number of carbonyl (C=O) groups is 2. The molecular weight excluding hydrogens is 222 g/mol. The van der Waals surface area contributed by atoms with Crippen LogP contribution in [-0.4, -0.2) is 34.0 Å². The second kappa shape index (κ2) is 4.67. The van der Waals surface area contributed by atoms with Crippen molar-refractivity contribution in [2.75, 3.05) is 0 Å². The minimum absolute atomic E-state index is 0.0890. The average Bonchev–Trinajstić information content (AvgIpc) is 2.84. The van der Waals surface area contributed by atoms with Crippen molar-refractivity contribution in [3.8, 4) is 0 Å². The van der Waals surface area contributed by atoms with E-state index in [-0.39, 0.29) is 24.3 Å². The van der Waals surface area contributed by atoms with Gasteiger partial charge < -0.3 is 4.52 Å². The summed E-state index contributed by atoms with van der Waals surface area (Å²) >= 11 is 0. The molecule has 2 amide bonds. The summed E-state index contributed by atoms with van der Waals surface area (Å²) in [7, 11) is 0. The van der Waals surface area contributed by atoms with E-state index in [0.717, 1.165) is 0 Å². The van der Waals surface area contributed by atoms with E-state index in [9.17, 15) is 9.59 Å². The first-order valence-corrected chi connectivity index (χ1v) is 5.58. The van der Waals surface area contributed by atoms with Crippen LogP contribution in [0.25, 0.3) is 0 Å². The van der Waals surface area contributed by atoms with Crippen molar-refractivity contribution in [2.45, 2.75) is 38.9 Å². The molecule has 1 atom stereocenters. The van der Waals surface area contributed by atoms with E-state index in [1.807, 2.05) is 13.8 Å².